The van der Waals surface area contributed by atoms with Crippen molar-refractivity contribution in [2.75, 3.05) is 5.73 Å². The molecule has 0 amide bonds. The van der Waals surface area contributed by atoms with Crippen LogP contribution in [0.3, 0.4) is 0 Å². The molecule has 2 N–H and O–H groups in total. The summed E-state index contributed by atoms with van der Waals surface area (Å²) in [5, 5.41) is 10.8. The van der Waals surface area contributed by atoms with E-state index in [0.29, 0.717) is 16.7 Å². The fourth-order valence-electron chi connectivity index (χ4n) is 2.10. The van der Waals surface area contributed by atoms with Gasteiger partial charge in [0.2, 0.25) is 0 Å². The number of carbonyl (C=O) groups is 2. The number of carboxylic acid groups (broad SMARTS) is 1. The zero-order chi connectivity index (χ0) is 14.7. The van der Waals surface area contributed by atoms with Crippen molar-refractivity contribution in [2.24, 2.45) is 0 Å². The minimum absolute atomic E-state index is 0.211. The van der Waals surface area contributed by atoms with E-state index in [1.807, 2.05) is 6.07 Å². The second-order valence-corrected chi connectivity index (χ2v) is 4.57. The highest BCUT2D eigenvalue weighted by molar-refractivity contribution is 6.12. The molecule has 2 aromatic rings. The molecule has 0 bridgehead atoms. The van der Waals surface area contributed by atoms with Gasteiger partial charge in [0.25, 0.3) is 0 Å². The summed E-state index contributed by atoms with van der Waals surface area (Å²) < 4.78 is 0. The molecular weight excluding hydrogens is 254 g/mol. The Labute approximate surface area is 116 Å². The zero-order valence-electron chi connectivity index (χ0n) is 11.1. The number of hydrogen-bond donors (Lipinski definition) is 1. The molecule has 0 aromatic heterocycles. The summed E-state index contributed by atoms with van der Waals surface area (Å²) in [5.74, 6) is -1.44. The Bertz CT molecular complexity index is 663. The van der Waals surface area contributed by atoms with Crippen molar-refractivity contribution in [3.8, 4) is 0 Å². The van der Waals surface area contributed by atoms with Gasteiger partial charge < -0.3 is 15.6 Å². The number of carbonyl (C=O) groups excluding carboxylic acids is 2. The van der Waals surface area contributed by atoms with E-state index in [9.17, 15) is 14.7 Å². The molecule has 4 nitrogen and oxygen atoms in total. The first kappa shape index (κ1) is 13.8. The molecule has 20 heavy (non-hydrogen) atoms. The lowest BCUT2D eigenvalue weighted by molar-refractivity contribution is -0.304. The second kappa shape index (κ2) is 5.57. The van der Waals surface area contributed by atoms with Crippen LogP contribution in [0.4, 0.5) is 5.69 Å². The zero-order valence-corrected chi connectivity index (χ0v) is 11.1. The van der Waals surface area contributed by atoms with Crippen molar-refractivity contribution >= 4 is 17.4 Å². The SMILES string of the molecule is Cc1ccc(C(=O)c2ccccc2)c(N)c1CC(=O)[O-]. The quantitative estimate of drug-likeness (QED) is 0.665. The van der Waals surface area contributed by atoms with Crippen molar-refractivity contribution in [3.05, 3.63) is 64.7 Å². The number of aliphatic carboxylic acids is 1. The van der Waals surface area contributed by atoms with E-state index in [0.717, 1.165) is 5.56 Å². The van der Waals surface area contributed by atoms with Gasteiger partial charge in [-0.05, 0) is 24.1 Å². The highest BCUT2D eigenvalue weighted by Gasteiger charge is 2.16. The first-order valence-corrected chi connectivity index (χ1v) is 6.18. The third-order valence-corrected chi connectivity index (χ3v) is 3.19. The van der Waals surface area contributed by atoms with Gasteiger partial charge in [-0.1, -0.05) is 36.4 Å². The van der Waals surface area contributed by atoms with E-state index in [1.54, 1.807) is 43.3 Å². The second-order valence-electron chi connectivity index (χ2n) is 4.57. The van der Waals surface area contributed by atoms with E-state index in [1.165, 1.54) is 0 Å². The topological polar surface area (TPSA) is 83.2 Å². The van der Waals surface area contributed by atoms with Gasteiger partial charge in [-0.3, -0.25) is 4.79 Å². The van der Waals surface area contributed by atoms with E-state index >= 15 is 0 Å². The Morgan fingerprint density at radius 2 is 1.75 bits per heavy atom. The predicted molar refractivity (Wildman–Crippen MR) is 74.2 cm³/mol. The van der Waals surface area contributed by atoms with Crippen molar-refractivity contribution in [2.45, 2.75) is 13.3 Å². The maximum atomic E-state index is 12.4. The number of nitrogen functional groups attached to an aromatic ring is 1. The molecule has 0 radical (unpaired) electrons. The van der Waals surface area contributed by atoms with Crippen molar-refractivity contribution < 1.29 is 14.7 Å². The standard InChI is InChI=1S/C16H15NO3/c1-10-7-8-12(15(17)13(10)9-14(18)19)16(20)11-5-3-2-4-6-11/h2-8H,9,17H2,1H3,(H,18,19)/p-1. The fourth-order valence-corrected chi connectivity index (χ4v) is 2.10. The summed E-state index contributed by atoms with van der Waals surface area (Å²) in [4.78, 5) is 23.1. The van der Waals surface area contributed by atoms with E-state index in [-0.39, 0.29) is 17.9 Å². The monoisotopic (exact) mass is 268 g/mol. The first-order chi connectivity index (χ1) is 9.50. The summed E-state index contributed by atoms with van der Waals surface area (Å²) in [5.41, 5.74) is 8.17. The molecular formula is C16H14NO3-. The Balaban J connectivity index is 2.48. The number of hydrogen-bond acceptors (Lipinski definition) is 4. The molecule has 2 aromatic carbocycles. The molecule has 0 fully saturated rings. The number of benzene rings is 2. The van der Waals surface area contributed by atoms with Crippen LogP contribution in [-0.2, 0) is 11.2 Å². The van der Waals surface area contributed by atoms with Gasteiger partial charge in [0.15, 0.2) is 5.78 Å². The first-order valence-electron chi connectivity index (χ1n) is 6.18. The highest BCUT2D eigenvalue weighted by atomic mass is 16.4. The van der Waals surface area contributed by atoms with Gasteiger partial charge in [-0.2, -0.15) is 0 Å². The summed E-state index contributed by atoms with van der Waals surface area (Å²) >= 11 is 0. The predicted octanol–water partition coefficient (Wildman–Crippen LogP) is 1.10. The van der Waals surface area contributed by atoms with Gasteiger partial charge in [0, 0.05) is 29.2 Å². The lowest BCUT2D eigenvalue weighted by atomic mass is 9.94. The molecule has 102 valence electrons. The van der Waals surface area contributed by atoms with Gasteiger partial charge in [0.1, 0.15) is 0 Å². The van der Waals surface area contributed by atoms with Crippen molar-refractivity contribution in [3.63, 3.8) is 0 Å². The van der Waals surface area contributed by atoms with Crippen LogP contribution in [0.25, 0.3) is 0 Å². The fraction of sp³-hybridized carbons (Fsp3) is 0.125. The average molecular weight is 268 g/mol. The molecule has 0 spiro atoms. The van der Waals surface area contributed by atoms with Crippen LogP contribution < -0.4 is 10.8 Å². The number of nitrogens with two attached hydrogens (primary N) is 1. The summed E-state index contributed by atoms with van der Waals surface area (Å²) in [6.07, 6.45) is -0.298. The van der Waals surface area contributed by atoms with Crippen LogP contribution in [0.15, 0.2) is 42.5 Å². The van der Waals surface area contributed by atoms with Crippen molar-refractivity contribution in [1.82, 2.24) is 0 Å². The maximum absolute atomic E-state index is 12.4. The number of aryl methyl sites for hydroxylation is 1. The van der Waals surface area contributed by atoms with Crippen LogP contribution in [0, 0.1) is 6.92 Å². The average Bonchev–Trinajstić information content (AvgIpc) is 2.43. The van der Waals surface area contributed by atoms with Gasteiger partial charge >= 0.3 is 0 Å². The van der Waals surface area contributed by atoms with E-state index in [2.05, 4.69) is 0 Å². The van der Waals surface area contributed by atoms with Crippen LogP contribution in [0.5, 0.6) is 0 Å². The van der Waals surface area contributed by atoms with Crippen molar-refractivity contribution in [1.29, 1.82) is 0 Å². The van der Waals surface area contributed by atoms with Gasteiger partial charge in [-0.15, -0.1) is 0 Å². The summed E-state index contributed by atoms with van der Waals surface area (Å²) in [6.45, 7) is 1.76. The minimum atomic E-state index is -1.22. The number of anilines is 1. The molecule has 0 aliphatic carbocycles. The highest BCUT2D eigenvalue weighted by Crippen LogP contribution is 2.24. The van der Waals surface area contributed by atoms with Gasteiger partial charge in [0.05, 0.1) is 0 Å². The normalized spacial score (nSPS) is 10.2. The van der Waals surface area contributed by atoms with E-state index in [4.69, 9.17) is 5.73 Å². The smallest absolute Gasteiger partial charge is 0.195 e. The minimum Gasteiger partial charge on any atom is -0.550 e. The van der Waals surface area contributed by atoms with Crippen LogP contribution in [0.1, 0.15) is 27.0 Å². The number of rotatable bonds is 4. The Morgan fingerprint density at radius 3 is 2.35 bits per heavy atom. The molecule has 0 saturated carbocycles. The van der Waals surface area contributed by atoms with Crippen LogP contribution in [0.2, 0.25) is 0 Å². The third kappa shape index (κ3) is 2.69. The summed E-state index contributed by atoms with van der Waals surface area (Å²) in [6, 6.07) is 12.1. The van der Waals surface area contributed by atoms with Crippen LogP contribution >= 0.6 is 0 Å². The maximum Gasteiger partial charge on any atom is 0.195 e. The molecule has 0 atom stereocenters. The summed E-state index contributed by atoms with van der Waals surface area (Å²) in [7, 11) is 0. The Morgan fingerprint density at radius 1 is 1.10 bits per heavy atom. The third-order valence-electron chi connectivity index (χ3n) is 3.19. The van der Waals surface area contributed by atoms with E-state index < -0.39 is 5.97 Å². The lowest BCUT2D eigenvalue weighted by Gasteiger charge is -2.14. The lowest BCUT2D eigenvalue weighted by Crippen LogP contribution is -2.25. The Hall–Kier alpha value is -2.62. The number of carboxylic acids is 1. The largest absolute Gasteiger partial charge is 0.550 e. The molecule has 0 unspecified atom stereocenters. The molecule has 0 heterocycles. The number of ketones is 1. The van der Waals surface area contributed by atoms with Crippen LogP contribution in [-0.4, -0.2) is 11.8 Å². The molecule has 2 rings (SSSR count). The van der Waals surface area contributed by atoms with Gasteiger partial charge in [-0.25, -0.2) is 0 Å². The molecule has 0 saturated heterocycles. The molecule has 0 aliphatic heterocycles. The Kier molecular flexibility index (Phi) is 3.84. The molecule has 4 heteroatoms. The molecule has 0 aliphatic rings.